The summed E-state index contributed by atoms with van der Waals surface area (Å²) in [4.78, 5) is 0. The highest BCUT2D eigenvalue weighted by Gasteiger charge is 2.01. The summed E-state index contributed by atoms with van der Waals surface area (Å²) in [6, 6.07) is 9.24. The molecule has 0 aromatic heterocycles. The van der Waals surface area contributed by atoms with Gasteiger partial charge in [0.15, 0.2) is 6.29 Å². The molecule has 1 aromatic rings. The molecule has 0 saturated carbocycles. The van der Waals surface area contributed by atoms with Crippen LogP contribution in [0.1, 0.15) is 11.9 Å². The summed E-state index contributed by atoms with van der Waals surface area (Å²) >= 11 is 0. The molecule has 62 valence electrons. The van der Waals surface area contributed by atoms with Crippen LogP contribution < -0.4 is 0 Å². The molecule has 1 unspecified atom stereocenters. The topological polar surface area (TPSA) is 29.5 Å². The zero-order valence-electron chi connectivity index (χ0n) is 6.23. The van der Waals surface area contributed by atoms with Crippen LogP contribution in [0, 0.1) is 0 Å². The summed E-state index contributed by atoms with van der Waals surface area (Å²) < 4.78 is 4.69. The maximum absolute atomic E-state index is 9.11. The minimum Gasteiger partial charge on any atom is -0.364 e. The molecule has 0 spiro atoms. The SMILES string of the molecule is COC(O)c1ccccc1.Cl. The van der Waals surface area contributed by atoms with Gasteiger partial charge in [0.05, 0.1) is 0 Å². The van der Waals surface area contributed by atoms with E-state index in [2.05, 4.69) is 0 Å². The predicted octanol–water partition coefficient (Wildman–Crippen LogP) is 1.75. The number of hydrogen-bond acceptors (Lipinski definition) is 2. The van der Waals surface area contributed by atoms with Crippen molar-refractivity contribution in [2.24, 2.45) is 0 Å². The number of benzene rings is 1. The Kier molecular flexibility index (Phi) is 4.86. The normalized spacial score (nSPS) is 11.8. The lowest BCUT2D eigenvalue weighted by Crippen LogP contribution is -1.97. The van der Waals surface area contributed by atoms with Gasteiger partial charge in [0, 0.05) is 12.7 Å². The fourth-order valence-electron chi connectivity index (χ4n) is 0.754. The van der Waals surface area contributed by atoms with Gasteiger partial charge in [-0.05, 0) is 0 Å². The van der Waals surface area contributed by atoms with Crippen LogP contribution in [0.5, 0.6) is 0 Å². The molecule has 11 heavy (non-hydrogen) atoms. The highest BCUT2D eigenvalue weighted by atomic mass is 35.5. The monoisotopic (exact) mass is 174 g/mol. The van der Waals surface area contributed by atoms with Crippen molar-refractivity contribution in [3.05, 3.63) is 35.9 Å². The molecule has 1 N–H and O–H groups in total. The first kappa shape index (κ1) is 10.4. The lowest BCUT2D eigenvalue weighted by atomic mass is 10.2. The van der Waals surface area contributed by atoms with E-state index in [1.165, 1.54) is 7.11 Å². The van der Waals surface area contributed by atoms with Gasteiger partial charge in [0.2, 0.25) is 0 Å². The first-order chi connectivity index (χ1) is 4.84. The average Bonchev–Trinajstić information content (AvgIpc) is 2.05. The highest BCUT2D eigenvalue weighted by Crippen LogP contribution is 2.10. The number of aliphatic hydroxyl groups is 1. The fraction of sp³-hybridized carbons (Fsp3) is 0.250. The Hall–Kier alpha value is -0.570. The molecule has 1 rings (SSSR count). The number of rotatable bonds is 2. The van der Waals surface area contributed by atoms with Gasteiger partial charge in [-0.25, -0.2) is 0 Å². The maximum atomic E-state index is 9.11. The molecule has 0 aliphatic rings. The Morgan fingerprint density at radius 1 is 1.27 bits per heavy atom. The van der Waals surface area contributed by atoms with E-state index in [-0.39, 0.29) is 12.4 Å². The molecule has 0 bridgehead atoms. The Morgan fingerprint density at radius 3 is 2.27 bits per heavy atom. The largest absolute Gasteiger partial charge is 0.364 e. The van der Waals surface area contributed by atoms with Gasteiger partial charge in [0.25, 0.3) is 0 Å². The van der Waals surface area contributed by atoms with Crippen LogP contribution in [-0.2, 0) is 4.74 Å². The quantitative estimate of drug-likeness (QED) is 0.693. The van der Waals surface area contributed by atoms with E-state index in [0.29, 0.717) is 0 Å². The first-order valence-electron chi connectivity index (χ1n) is 3.10. The van der Waals surface area contributed by atoms with Crippen molar-refractivity contribution in [3.63, 3.8) is 0 Å². The smallest absolute Gasteiger partial charge is 0.180 e. The van der Waals surface area contributed by atoms with Crippen LogP contribution in [0.4, 0.5) is 0 Å². The van der Waals surface area contributed by atoms with E-state index in [0.717, 1.165) is 5.56 Å². The molecule has 0 aliphatic heterocycles. The van der Waals surface area contributed by atoms with E-state index in [1.807, 2.05) is 30.3 Å². The zero-order valence-corrected chi connectivity index (χ0v) is 7.04. The van der Waals surface area contributed by atoms with Crippen molar-refractivity contribution in [2.75, 3.05) is 7.11 Å². The van der Waals surface area contributed by atoms with Gasteiger partial charge >= 0.3 is 0 Å². The summed E-state index contributed by atoms with van der Waals surface area (Å²) in [6.45, 7) is 0. The number of hydrogen-bond donors (Lipinski definition) is 1. The Bertz CT molecular complexity index is 189. The third-order valence-corrected chi connectivity index (χ3v) is 1.31. The summed E-state index contributed by atoms with van der Waals surface area (Å²) in [7, 11) is 1.47. The zero-order chi connectivity index (χ0) is 7.40. The van der Waals surface area contributed by atoms with Crippen molar-refractivity contribution in [2.45, 2.75) is 6.29 Å². The van der Waals surface area contributed by atoms with Gasteiger partial charge in [0.1, 0.15) is 0 Å². The maximum Gasteiger partial charge on any atom is 0.180 e. The van der Waals surface area contributed by atoms with Crippen molar-refractivity contribution >= 4 is 12.4 Å². The molecule has 2 nitrogen and oxygen atoms in total. The third-order valence-electron chi connectivity index (χ3n) is 1.31. The second-order valence-corrected chi connectivity index (χ2v) is 2.00. The van der Waals surface area contributed by atoms with Crippen LogP contribution >= 0.6 is 12.4 Å². The fourth-order valence-corrected chi connectivity index (χ4v) is 0.754. The van der Waals surface area contributed by atoms with Crippen molar-refractivity contribution in [3.8, 4) is 0 Å². The molecule has 1 aromatic carbocycles. The van der Waals surface area contributed by atoms with E-state index in [9.17, 15) is 0 Å². The summed E-state index contributed by atoms with van der Waals surface area (Å²) in [5.74, 6) is 0. The predicted molar refractivity (Wildman–Crippen MR) is 45.7 cm³/mol. The summed E-state index contributed by atoms with van der Waals surface area (Å²) in [5.41, 5.74) is 0.782. The molecular formula is C8H11ClO2. The third kappa shape index (κ3) is 2.89. The van der Waals surface area contributed by atoms with Crippen LogP contribution in [0.3, 0.4) is 0 Å². The van der Waals surface area contributed by atoms with Crippen molar-refractivity contribution < 1.29 is 9.84 Å². The molecule has 0 fully saturated rings. The van der Waals surface area contributed by atoms with Gasteiger partial charge < -0.3 is 9.84 Å². The molecule has 0 radical (unpaired) electrons. The Labute approximate surface area is 72.2 Å². The highest BCUT2D eigenvalue weighted by molar-refractivity contribution is 5.85. The van der Waals surface area contributed by atoms with Crippen molar-refractivity contribution in [1.82, 2.24) is 0 Å². The first-order valence-corrected chi connectivity index (χ1v) is 3.10. The van der Waals surface area contributed by atoms with Crippen LogP contribution in [0.15, 0.2) is 30.3 Å². The molecule has 3 heteroatoms. The molecule has 0 saturated heterocycles. The lowest BCUT2D eigenvalue weighted by Gasteiger charge is -2.06. The standard InChI is InChI=1S/C8H10O2.ClH/c1-10-8(9)7-5-3-2-4-6-7;/h2-6,8-9H,1H3;1H. The molecule has 0 aliphatic carbocycles. The minimum atomic E-state index is -0.791. The second kappa shape index (κ2) is 5.13. The molecule has 0 heterocycles. The van der Waals surface area contributed by atoms with Gasteiger partial charge in [-0.2, -0.15) is 0 Å². The number of halogens is 1. The van der Waals surface area contributed by atoms with Gasteiger partial charge in [-0.1, -0.05) is 30.3 Å². The second-order valence-electron chi connectivity index (χ2n) is 2.00. The number of ether oxygens (including phenoxy) is 1. The molecule has 0 amide bonds. The number of aliphatic hydroxyl groups excluding tert-OH is 1. The number of methoxy groups -OCH3 is 1. The molecular weight excluding hydrogens is 164 g/mol. The van der Waals surface area contributed by atoms with Crippen LogP contribution in [0.25, 0.3) is 0 Å². The Balaban J connectivity index is 0.000001000. The lowest BCUT2D eigenvalue weighted by molar-refractivity contribution is -0.0769. The van der Waals surface area contributed by atoms with Crippen molar-refractivity contribution in [1.29, 1.82) is 0 Å². The van der Waals surface area contributed by atoms with Crippen LogP contribution in [-0.4, -0.2) is 12.2 Å². The van der Waals surface area contributed by atoms with E-state index >= 15 is 0 Å². The van der Waals surface area contributed by atoms with Gasteiger partial charge in [-0.3, -0.25) is 0 Å². The van der Waals surface area contributed by atoms with E-state index in [1.54, 1.807) is 0 Å². The average molecular weight is 175 g/mol. The van der Waals surface area contributed by atoms with Crippen LogP contribution in [0.2, 0.25) is 0 Å². The Morgan fingerprint density at radius 2 is 1.82 bits per heavy atom. The van der Waals surface area contributed by atoms with E-state index < -0.39 is 6.29 Å². The van der Waals surface area contributed by atoms with E-state index in [4.69, 9.17) is 9.84 Å². The van der Waals surface area contributed by atoms with Gasteiger partial charge in [-0.15, -0.1) is 12.4 Å². The minimum absolute atomic E-state index is 0. The summed E-state index contributed by atoms with van der Waals surface area (Å²) in [6.07, 6.45) is -0.791. The summed E-state index contributed by atoms with van der Waals surface area (Å²) in [5, 5.41) is 9.11. The molecule has 1 atom stereocenters.